The van der Waals surface area contributed by atoms with Crippen LogP contribution >= 0.6 is 24.0 Å². The van der Waals surface area contributed by atoms with Gasteiger partial charge in [-0.05, 0) is 48.8 Å². The minimum atomic E-state index is -0.0472. The second kappa shape index (κ2) is 12.1. The number of rotatable bonds is 6. The number of nitrogens with zero attached hydrogens (tertiary/aromatic N) is 1. The summed E-state index contributed by atoms with van der Waals surface area (Å²) >= 11 is 0. The molecule has 1 saturated carbocycles. The first kappa shape index (κ1) is 22.7. The number of carbonyl (C=O) groups is 1. The smallest absolute Gasteiger partial charge is 0.251 e. The van der Waals surface area contributed by atoms with E-state index >= 15 is 0 Å². The van der Waals surface area contributed by atoms with Crippen molar-refractivity contribution in [1.82, 2.24) is 16.0 Å². The molecule has 0 aliphatic heterocycles. The molecule has 0 saturated heterocycles. The van der Waals surface area contributed by atoms with Gasteiger partial charge in [-0.1, -0.05) is 31.9 Å². The van der Waals surface area contributed by atoms with E-state index in [0.29, 0.717) is 5.56 Å². The second-order valence-corrected chi connectivity index (χ2v) is 7.05. The van der Waals surface area contributed by atoms with Gasteiger partial charge in [0.25, 0.3) is 5.91 Å². The molecular formula is C20H33IN4O. The maximum Gasteiger partial charge on any atom is 0.251 e. The van der Waals surface area contributed by atoms with Crippen molar-refractivity contribution in [1.29, 1.82) is 0 Å². The Balaban J connectivity index is 0.00000338. The summed E-state index contributed by atoms with van der Waals surface area (Å²) in [6.45, 7) is 4.14. The number of guanidine groups is 1. The molecule has 0 spiro atoms. The van der Waals surface area contributed by atoms with Crippen molar-refractivity contribution in [3.05, 3.63) is 35.4 Å². The highest BCUT2D eigenvalue weighted by atomic mass is 127. The fraction of sp³-hybridized carbons (Fsp3) is 0.600. The Morgan fingerprint density at radius 1 is 1.27 bits per heavy atom. The Labute approximate surface area is 174 Å². The van der Waals surface area contributed by atoms with Crippen LogP contribution in [-0.2, 0) is 6.42 Å². The van der Waals surface area contributed by atoms with Gasteiger partial charge in [-0.25, -0.2) is 0 Å². The number of aliphatic imine (C=N–C) groups is 1. The van der Waals surface area contributed by atoms with Crippen molar-refractivity contribution >= 4 is 35.8 Å². The minimum Gasteiger partial charge on any atom is -0.356 e. The molecule has 0 radical (unpaired) electrons. The topological polar surface area (TPSA) is 65.5 Å². The van der Waals surface area contributed by atoms with Crippen LogP contribution < -0.4 is 16.0 Å². The van der Waals surface area contributed by atoms with Crippen LogP contribution in [0.2, 0.25) is 0 Å². The van der Waals surface area contributed by atoms with E-state index in [1.165, 1.54) is 25.7 Å². The number of hydrogen-bond acceptors (Lipinski definition) is 2. The van der Waals surface area contributed by atoms with Gasteiger partial charge < -0.3 is 16.0 Å². The van der Waals surface area contributed by atoms with Crippen LogP contribution in [0.1, 0.15) is 48.5 Å². The molecule has 1 amide bonds. The van der Waals surface area contributed by atoms with Gasteiger partial charge in [0.15, 0.2) is 5.96 Å². The molecule has 0 aromatic heterocycles. The highest BCUT2D eigenvalue weighted by Gasteiger charge is 2.18. The average molecular weight is 472 g/mol. The Hall–Kier alpha value is -1.31. The van der Waals surface area contributed by atoms with Gasteiger partial charge in [0.05, 0.1) is 0 Å². The van der Waals surface area contributed by atoms with Gasteiger partial charge in [0.2, 0.25) is 0 Å². The summed E-state index contributed by atoms with van der Waals surface area (Å²) in [6, 6.07) is 7.76. The predicted octanol–water partition coefficient (Wildman–Crippen LogP) is 3.20. The average Bonchev–Trinajstić information content (AvgIpc) is 2.64. The quantitative estimate of drug-likeness (QED) is 0.339. The summed E-state index contributed by atoms with van der Waals surface area (Å²) in [5, 5.41) is 9.49. The molecule has 146 valence electrons. The zero-order valence-corrected chi connectivity index (χ0v) is 18.5. The number of amides is 1. The fourth-order valence-corrected chi connectivity index (χ4v) is 3.54. The normalized spacial score (nSPS) is 20.0. The van der Waals surface area contributed by atoms with Gasteiger partial charge >= 0.3 is 0 Å². The Kier molecular flexibility index (Phi) is 10.6. The summed E-state index contributed by atoms with van der Waals surface area (Å²) in [4.78, 5) is 16.0. The zero-order valence-electron chi connectivity index (χ0n) is 16.2. The molecule has 5 nitrogen and oxygen atoms in total. The third kappa shape index (κ3) is 7.51. The molecular weight excluding hydrogens is 439 g/mol. The number of benzene rings is 1. The molecule has 2 unspecified atom stereocenters. The molecule has 3 N–H and O–H groups in total. The Bertz CT molecular complexity index is 591. The lowest BCUT2D eigenvalue weighted by Gasteiger charge is -2.27. The van der Waals surface area contributed by atoms with Crippen LogP contribution in [0.5, 0.6) is 0 Å². The molecule has 2 rings (SSSR count). The monoisotopic (exact) mass is 472 g/mol. The zero-order chi connectivity index (χ0) is 18.1. The Morgan fingerprint density at radius 3 is 2.77 bits per heavy atom. The van der Waals surface area contributed by atoms with E-state index in [1.807, 2.05) is 31.3 Å². The minimum absolute atomic E-state index is 0. The number of nitrogens with one attached hydrogen (secondary N) is 3. The van der Waals surface area contributed by atoms with Crippen molar-refractivity contribution < 1.29 is 4.79 Å². The molecule has 0 bridgehead atoms. The molecule has 0 heterocycles. The lowest BCUT2D eigenvalue weighted by atomic mass is 9.82. The van der Waals surface area contributed by atoms with Crippen molar-refractivity contribution in [2.75, 3.05) is 27.2 Å². The summed E-state index contributed by atoms with van der Waals surface area (Å²) in [5.41, 5.74) is 1.85. The summed E-state index contributed by atoms with van der Waals surface area (Å²) in [5.74, 6) is 2.42. The molecule has 1 aliphatic carbocycles. The van der Waals surface area contributed by atoms with Gasteiger partial charge in [0, 0.05) is 32.7 Å². The SMILES string of the molecule is CN=C(NCCc1cccc(C(=O)NC)c1)NCC1CCCC(C)C1.I. The van der Waals surface area contributed by atoms with Crippen LogP contribution in [0.3, 0.4) is 0 Å². The van der Waals surface area contributed by atoms with Crippen LogP contribution in [0, 0.1) is 11.8 Å². The van der Waals surface area contributed by atoms with Gasteiger partial charge in [-0.2, -0.15) is 0 Å². The van der Waals surface area contributed by atoms with E-state index in [1.54, 1.807) is 7.05 Å². The number of halogens is 1. The molecule has 2 atom stereocenters. The fourth-order valence-electron chi connectivity index (χ4n) is 3.54. The predicted molar refractivity (Wildman–Crippen MR) is 119 cm³/mol. The number of hydrogen-bond donors (Lipinski definition) is 3. The lowest BCUT2D eigenvalue weighted by molar-refractivity contribution is 0.0963. The molecule has 1 aromatic rings. The first-order chi connectivity index (χ1) is 12.1. The van der Waals surface area contributed by atoms with E-state index in [0.717, 1.165) is 42.9 Å². The first-order valence-electron chi connectivity index (χ1n) is 9.38. The van der Waals surface area contributed by atoms with Crippen molar-refractivity contribution in [3.63, 3.8) is 0 Å². The van der Waals surface area contributed by atoms with E-state index < -0.39 is 0 Å². The molecule has 6 heteroatoms. The van der Waals surface area contributed by atoms with Crippen LogP contribution in [0.15, 0.2) is 29.3 Å². The van der Waals surface area contributed by atoms with E-state index in [-0.39, 0.29) is 29.9 Å². The molecule has 1 fully saturated rings. The summed E-state index contributed by atoms with van der Waals surface area (Å²) in [7, 11) is 3.46. The van der Waals surface area contributed by atoms with E-state index in [4.69, 9.17) is 0 Å². The van der Waals surface area contributed by atoms with Crippen molar-refractivity contribution in [2.45, 2.75) is 39.0 Å². The molecule has 1 aliphatic rings. The van der Waals surface area contributed by atoms with Gasteiger partial charge in [-0.3, -0.25) is 9.79 Å². The first-order valence-corrected chi connectivity index (χ1v) is 9.38. The highest BCUT2D eigenvalue weighted by molar-refractivity contribution is 14.0. The van der Waals surface area contributed by atoms with Gasteiger partial charge in [0.1, 0.15) is 0 Å². The van der Waals surface area contributed by atoms with Crippen molar-refractivity contribution in [2.24, 2.45) is 16.8 Å². The lowest BCUT2D eigenvalue weighted by Crippen LogP contribution is -2.41. The van der Waals surface area contributed by atoms with Gasteiger partial charge in [-0.15, -0.1) is 24.0 Å². The van der Waals surface area contributed by atoms with E-state index in [9.17, 15) is 4.79 Å². The highest BCUT2D eigenvalue weighted by Crippen LogP contribution is 2.27. The largest absolute Gasteiger partial charge is 0.356 e. The maximum absolute atomic E-state index is 11.7. The third-order valence-electron chi connectivity index (χ3n) is 4.95. The number of carbonyl (C=O) groups excluding carboxylic acids is 1. The van der Waals surface area contributed by atoms with E-state index in [2.05, 4.69) is 27.9 Å². The third-order valence-corrected chi connectivity index (χ3v) is 4.95. The summed E-state index contributed by atoms with van der Waals surface area (Å²) < 4.78 is 0. The van der Waals surface area contributed by atoms with Crippen molar-refractivity contribution in [3.8, 4) is 0 Å². The molecule has 26 heavy (non-hydrogen) atoms. The van der Waals surface area contributed by atoms with Crippen LogP contribution in [0.25, 0.3) is 0 Å². The molecule has 1 aromatic carbocycles. The maximum atomic E-state index is 11.7. The van der Waals surface area contributed by atoms with Crippen LogP contribution in [-0.4, -0.2) is 39.1 Å². The second-order valence-electron chi connectivity index (χ2n) is 7.05. The standard InChI is InChI=1S/C20H32N4O.HI/c1-15-6-4-8-17(12-15)14-24-20(22-3)23-11-10-16-7-5-9-18(13-16)19(25)21-2;/h5,7,9,13,15,17H,4,6,8,10-12,14H2,1-3H3,(H,21,25)(H2,22,23,24);1H. The Morgan fingerprint density at radius 2 is 2.08 bits per heavy atom. The summed E-state index contributed by atoms with van der Waals surface area (Å²) in [6.07, 6.45) is 6.21. The van der Waals surface area contributed by atoms with Crippen LogP contribution in [0.4, 0.5) is 0 Å².